The minimum absolute atomic E-state index is 0.0741. The predicted molar refractivity (Wildman–Crippen MR) is 51.8 cm³/mol. The van der Waals surface area contributed by atoms with Crippen LogP contribution in [0.4, 0.5) is 0 Å². The van der Waals surface area contributed by atoms with Crippen LogP contribution >= 0.6 is 11.5 Å². The second-order valence-corrected chi connectivity index (χ2v) is 3.55. The molecule has 0 aliphatic carbocycles. The fraction of sp³-hybridized carbons (Fsp3) is 0.286. The number of aromatic nitrogens is 6. The van der Waals surface area contributed by atoms with E-state index in [2.05, 4.69) is 30.0 Å². The van der Waals surface area contributed by atoms with Crippen molar-refractivity contribution < 1.29 is 9.59 Å². The molecule has 0 aliphatic rings. The maximum Gasteiger partial charge on any atom is 0.219 e. The molecular formula is C7H6N6O2S. The Labute approximate surface area is 93.3 Å². The van der Waals surface area contributed by atoms with Crippen LogP contribution in [0.2, 0.25) is 0 Å². The lowest BCUT2D eigenvalue weighted by molar-refractivity contribution is -0.117. The van der Waals surface area contributed by atoms with Gasteiger partial charge in [-0.05, 0) is 28.9 Å². The second kappa shape index (κ2) is 4.23. The maximum atomic E-state index is 11.9. The van der Waals surface area contributed by atoms with Gasteiger partial charge in [-0.25, -0.2) is 10.1 Å². The first-order valence-electron chi connectivity index (χ1n) is 4.25. The summed E-state index contributed by atoms with van der Waals surface area (Å²) in [5.74, 6) is -1.81. The van der Waals surface area contributed by atoms with Crippen LogP contribution in [0.15, 0.2) is 5.51 Å². The topological polar surface area (TPSA) is 114 Å². The van der Waals surface area contributed by atoms with E-state index in [0.717, 1.165) is 11.5 Å². The molecule has 0 aromatic carbocycles. The molecule has 2 rings (SSSR count). The molecule has 0 aliphatic heterocycles. The van der Waals surface area contributed by atoms with E-state index in [1.807, 2.05) is 0 Å². The largest absolute Gasteiger partial charge is 0.299 e. The van der Waals surface area contributed by atoms with Crippen LogP contribution in [-0.4, -0.2) is 41.5 Å². The van der Waals surface area contributed by atoms with E-state index in [1.165, 1.54) is 12.4 Å². The predicted octanol–water partition coefficient (Wildman–Crippen LogP) is -0.393. The number of ketones is 2. The smallest absolute Gasteiger partial charge is 0.219 e. The molecular weight excluding hydrogens is 232 g/mol. The average molecular weight is 238 g/mol. The van der Waals surface area contributed by atoms with E-state index in [9.17, 15) is 9.59 Å². The van der Waals surface area contributed by atoms with E-state index in [-0.39, 0.29) is 17.4 Å². The molecule has 0 radical (unpaired) electrons. The Bertz CT molecular complexity index is 493. The van der Waals surface area contributed by atoms with E-state index in [4.69, 9.17) is 0 Å². The highest BCUT2D eigenvalue weighted by atomic mass is 32.1. The van der Waals surface area contributed by atoms with E-state index in [1.54, 1.807) is 0 Å². The number of nitrogens with zero attached hydrogens (tertiary/aromatic N) is 5. The number of rotatable bonds is 4. The molecule has 2 aromatic rings. The minimum Gasteiger partial charge on any atom is -0.299 e. The van der Waals surface area contributed by atoms with Gasteiger partial charge < -0.3 is 0 Å². The van der Waals surface area contributed by atoms with Crippen LogP contribution < -0.4 is 0 Å². The van der Waals surface area contributed by atoms with Crippen molar-refractivity contribution in [2.45, 2.75) is 12.8 Å². The summed E-state index contributed by atoms with van der Waals surface area (Å²) in [5.41, 5.74) is 1.46. The van der Waals surface area contributed by atoms with Gasteiger partial charge in [-0.1, -0.05) is 0 Å². The average Bonchev–Trinajstić information content (AvgIpc) is 2.89. The molecule has 9 heteroatoms. The highest BCUT2D eigenvalue weighted by Crippen LogP contribution is 2.17. The van der Waals surface area contributed by atoms with Gasteiger partial charge in [-0.2, -0.15) is 4.37 Å². The van der Waals surface area contributed by atoms with Crippen LogP contribution in [0, 0.1) is 0 Å². The number of aromatic amines is 1. The molecule has 1 unspecified atom stereocenters. The number of carbonyl (C=O) groups excluding carboxylic acids is 2. The van der Waals surface area contributed by atoms with Gasteiger partial charge in [-0.3, -0.25) is 9.59 Å². The van der Waals surface area contributed by atoms with Gasteiger partial charge in [0.2, 0.25) is 11.6 Å². The zero-order chi connectivity index (χ0) is 11.5. The standard InChI is InChI=1S/C7H6N6O2S/c1-3(14)4(6-8-2-16-11-6)5(15)7-9-12-13-10-7/h2,4H,1H3,(H,9,10,12,13). The highest BCUT2D eigenvalue weighted by molar-refractivity contribution is 7.03. The molecule has 2 heterocycles. The summed E-state index contributed by atoms with van der Waals surface area (Å²) in [4.78, 5) is 27.1. The summed E-state index contributed by atoms with van der Waals surface area (Å²) in [6.45, 7) is 1.30. The van der Waals surface area contributed by atoms with Crippen molar-refractivity contribution in [2.24, 2.45) is 0 Å². The summed E-state index contributed by atoms with van der Waals surface area (Å²) in [6.07, 6.45) is 0. The van der Waals surface area contributed by atoms with Gasteiger partial charge in [-0.15, -0.1) is 5.10 Å². The molecule has 2 aromatic heterocycles. The number of hydrogen-bond donors (Lipinski definition) is 1. The van der Waals surface area contributed by atoms with Crippen molar-refractivity contribution in [3.63, 3.8) is 0 Å². The number of Topliss-reactive ketones (excluding diaryl/α,β-unsaturated/α-hetero) is 2. The Morgan fingerprint density at radius 2 is 2.31 bits per heavy atom. The van der Waals surface area contributed by atoms with Crippen molar-refractivity contribution >= 4 is 23.1 Å². The molecule has 1 N–H and O–H groups in total. The fourth-order valence-corrected chi connectivity index (χ4v) is 1.65. The molecule has 0 spiro atoms. The van der Waals surface area contributed by atoms with Gasteiger partial charge in [0.15, 0.2) is 5.82 Å². The lowest BCUT2D eigenvalue weighted by atomic mass is 9.99. The van der Waals surface area contributed by atoms with Crippen molar-refractivity contribution in [1.29, 1.82) is 0 Å². The molecule has 0 fully saturated rings. The molecule has 8 nitrogen and oxygen atoms in total. The fourth-order valence-electron chi connectivity index (χ4n) is 1.19. The van der Waals surface area contributed by atoms with Crippen molar-refractivity contribution in [1.82, 2.24) is 30.0 Å². The Hall–Kier alpha value is -2.03. The van der Waals surface area contributed by atoms with Gasteiger partial charge in [0, 0.05) is 0 Å². The Morgan fingerprint density at radius 1 is 1.50 bits per heavy atom. The van der Waals surface area contributed by atoms with Gasteiger partial charge >= 0.3 is 0 Å². The van der Waals surface area contributed by atoms with Gasteiger partial charge in [0.25, 0.3) is 0 Å². The number of carbonyl (C=O) groups is 2. The number of nitrogens with one attached hydrogen (secondary N) is 1. The zero-order valence-electron chi connectivity index (χ0n) is 8.12. The Morgan fingerprint density at radius 3 is 2.81 bits per heavy atom. The third-order valence-electron chi connectivity index (χ3n) is 1.88. The van der Waals surface area contributed by atoms with Gasteiger partial charge in [0.05, 0.1) is 0 Å². The lowest BCUT2D eigenvalue weighted by Crippen LogP contribution is -2.22. The molecule has 0 saturated heterocycles. The summed E-state index contributed by atoms with van der Waals surface area (Å²) in [6, 6.07) is 0. The van der Waals surface area contributed by atoms with E-state index >= 15 is 0 Å². The summed E-state index contributed by atoms with van der Waals surface area (Å²) in [7, 11) is 0. The first-order chi connectivity index (χ1) is 7.70. The summed E-state index contributed by atoms with van der Waals surface area (Å²) >= 11 is 1.07. The number of tetrazole rings is 1. The Kier molecular flexibility index (Phi) is 2.77. The quantitative estimate of drug-likeness (QED) is 0.569. The molecule has 16 heavy (non-hydrogen) atoms. The van der Waals surface area contributed by atoms with Crippen LogP contribution in [0.1, 0.15) is 29.3 Å². The van der Waals surface area contributed by atoms with E-state index < -0.39 is 11.7 Å². The first kappa shape index (κ1) is 10.5. The van der Waals surface area contributed by atoms with Crippen molar-refractivity contribution in [3.05, 3.63) is 17.2 Å². The third kappa shape index (κ3) is 1.84. The van der Waals surface area contributed by atoms with Crippen molar-refractivity contribution in [2.75, 3.05) is 0 Å². The van der Waals surface area contributed by atoms with Crippen LogP contribution in [0.5, 0.6) is 0 Å². The molecule has 0 saturated carbocycles. The van der Waals surface area contributed by atoms with Crippen molar-refractivity contribution in [3.8, 4) is 0 Å². The van der Waals surface area contributed by atoms with Crippen LogP contribution in [-0.2, 0) is 4.79 Å². The minimum atomic E-state index is -1.04. The summed E-state index contributed by atoms with van der Waals surface area (Å²) in [5, 5.41) is 12.3. The number of hydrogen-bond acceptors (Lipinski definition) is 8. The first-order valence-corrected chi connectivity index (χ1v) is 5.08. The van der Waals surface area contributed by atoms with Crippen LogP contribution in [0.3, 0.4) is 0 Å². The van der Waals surface area contributed by atoms with E-state index in [0.29, 0.717) is 0 Å². The zero-order valence-corrected chi connectivity index (χ0v) is 8.93. The maximum absolute atomic E-state index is 11.9. The summed E-state index contributed by atoms with van der Waals surface area (Å²) < 4.78 is 3.88. The molecule has 82 valence electrons. The monoisotopic (exact) mass is 238 g/mol. The van der Waals surface area contributed by atoms with Gasteiger partial charge in [0.1, 0.15) is 17.2 Å². The lowest BCUT2D eigenvalue weighted by Gasteiger charge is -2.05. The van der Waals surface area contributed by atoms with Crippen LogP contribution in [0.25, 0.3) is 0 Å². The normalized spacial score (nSPS) is 12.3. The SMILES string of the molecule is CC(=O)C(C(=O)c1nnn[nH]1)c1ncsn1. The second-order valence-electron chi connectivity index (χ2n) is 2.95. The highest BCUT2D eigenvalue weighted by Gasteiger charge is 2.31. The number of H-pyrrole nitrogens is 1. The molecule has 0 bridgehead atoms. The third-order valence-corrected chi connectivity index (χ3v) is 2.38. The molecule has 0 amide bonds. The Balaban J connectivity index is 2.35. The molecule has 1 atom stereocenters.